The largest absolute Gasteiger partial charge is 0.497 e. The molecule has 3 aromatic carbocycles. The zero-order chi connectivity index (χ0) is 26.6. The second-order valence-corrected chi connectivity index (χ2v) is 10.1. The quantitative estimate of drug-likeness (QED) is 0.263. The first-order chi connectivity index (χ1) is 17.7. The maximum absolute atomic E-state index is 12.3. The summed E-state index contributed by atoms with van der Waals surface area (Å²) in [5.41, 5.74) is 3.59. The number of carboxylic acid groups (broad SMARTS) is 1. The maximum Gasteiger partial charge on any atom is 0.360 e. The van der Waals surface area contributed by atoms with Gasteiger partial charge in [0.1, 0.15) is 11.8 Å². The number of methoxy groups -OCH3 is 1. The van der Waals surface area contributed by atoms with Crippen molar-refractivity contribution in [3.63, 3.8) is 0 Å². The van der Waals surface area contributed by atoms with E-state index in [1.807, 2.05) is 67.6 Å². The number of anilines is 1. The molecular weight excluding hydrogens is 492 g/mol. The van der Waals surface area contributed by atoms with E-state index in [4.69, 9.17) is 9.72 Å². The Balaban J connectivity index is 1.67. The van der Waals surface area contributed by atoms with Crippen LogP contribution in [0.25, 0.3) is 22.2 Å². The lowest BCUT2D eigenvalue weighted by molar-refractivity contribution is -0.138. The highest BCUT2D eigenvalue weighted by Gasteiger charge is 2.34. The van der Waals surface area contributed by atoms with Crippen molar-refractivity contribution in [2.24, 2.45) is 0 Å². The van der Waals surface area contributed by atoms with Crippen LogP contribution in [0.1, 0.15) is 31.2 Å². The molecule has 0 saturated carbocycles. The van der Waals surface area contributed by atoms with Gasteiger partial charge in [-0.25, -0.2) is 14.1 Å². The molecule has 9 heteroatoms. The third kappa shape index (κ3) is 5.90. The van der Waals surface area contributed by atoms with Crippen molar-refractivity contribution in [1.29, 1.82) is 0 Å². The summed E-state index contributed by atoms with van der Waals surface area (Å²) >= 11 is 0. The molecule has 0 bridgehead atoms. The molecule has 192 valence electrons. The molecule has 1 unspecified atom stereocenters. The van der Waals surface area contributed by atoms with Crippen molar-refractivity contribution < 1.29 is 27.6 Å². The molecule has 37 heavy (non-hydrogen) atoms. The first kappa shape index (κ1) is 26.1. The van der Waals surface area contributed by atoms with Crippen molar-refractivity contribution in [3.05, 3.63) is 90.5 Å². The number of aromatic nitrogens is 1. The average Bonchev–Trinajstić information content (AvgIpc) is 2.90. The van der Waals surface area contributed by atoms with E-state index in [9.17, 15) is 22.9 Å². The summed E-state index contributed by atoms with van der Waals surface area (Å²) in [6.07, 6.45) is 0.320. The molecule has 0 spiro atoms. The second-order valence-electron chi connectivity index (χ2n) is 8.78. The first-order valence-corrected chi connectivity index (χ1v) is 13.2. The Kier molecular flexibility index (Phi) is 7.75. The summed E-state index contributed by atoms with van der Waals surface area (Å²) in [6, 6.07) is 23.8. The number of para-hydroxylation sites is 1. The highest BCUT2D eigenvalue weighted by Crippen LogP contribution is 2.33. The van der Waals surface area contributed by atoms with Gasteiger partial charge in [0.05, 0.1) is 24.0 Å². The van der Waals surface area contributed by atoms with Crippen LogP contribution < -0.4 is 9.04 Å². The molecule has 4 rings (SSSR count). The molecule has 2 N–H and O–H groups in total. The number of carboxylic acids is 1. The van der Waals surface area contributed by atoms with Gasteiger partial charge < -0.3 is 9.84 Å². The van der Waals surface area contributed by atoms with E-state index in [0.717, 1.165) is 27.7 Å². The molecule has 0 amide bonds. The standard InChI is InChI=1S/C28H28N2O6S/c1-19(24-18-26(20-8-4-3-5-9-20)29-25-11-7-6-10-23(24)25)12-17-27(28(31)32)30(37(33,34)35)21-13-15-22(36-2)16-14-21/h3-11,13-16,18-19,27H,12,17H2,1-2H3,(H,31,32)(H,33,34,35)/t19?,27-/m1/s1. The fourth-order valence-electron chi connectivity index (χ4n) is 4.47. The van der Waals surface area contributed by atoms with Crippen molar-refractivity contribution in [2.75, 3.05) is 11.4 Å². The Labute approximate surface area is 216 Å². The lowest BCUT2D eigenvalue weighted by Crippen LogP contribution is -2.45. The Morgan fingerprint density at radius 1 is 0.973 bits per heavy atom. The maximum atomic E-state index is 12.3. The van der Waals surface area contributed by atoms with Gasteiger partial charge in [0.2, 0.25) is 0 Å². The minimum absolute atomic E-state index is 0.0281. The van der Waals surface area contributed by atoms with E-state index in [-0.39, 0.29) is 18.0 Å². The molecule has 0 fully saturated rings. The van der Waals surface area contributed by atoms with Crippen LogP contribution in [0.3, 0.4) is 0 Å². The van der Waals surface area contributed by atoms with Gasteiger partial charge in [-0.2, -0.15) is 8.42 Å². The minimum atomic E-state index is -4.87. The zero-order valence-corrected chi connectivity index (χ0v) is 21.3. The summed E-state index contributed by atoms with van der Waals surface area (Å²) in [4.78, 5) is 17.0. The number of aliphatic carboxylic acids is 1. The lowest BCUT2D eigenvalue weighted by atomic mass is 9.90. The summed E-state index contributed by atoms with van der Waals surface area (Å²) < 4.78 is 40.2. The van der Waals surface area contributed by atoms with Gasteiger partial charge in [0.15, 0.2) is 0 Å². The van der Waals surface area contributed by atoms with Crippen LogP contribution in [0, 0.1) is 0 Å². The Morgan fingerprint density at radius 2 is 1.62 bits per heavy atom. The number of nitrogens with zero attached hydrogens (tertiary/aromatic N) is 2. The summed E-state index contributed by atoms with van der Waals surface area (Å²) in [5.74, 6) is -1.01. The molecule has 1 aromatic heterocycles. The molecule has 8 nitrogen and oxygen atoms in total. The third-order valence-corrected chi connectivity index (χ3v) is 7.33. The number of rotatable bonds is 10. The predicted molar refractivity (Wildman–Crippen MR) is 143 cm³/mol. The van der Waals surface area contributed by atoms with E-state index in [2.05, 4.69) is 0 Å². The van der Waals surface area contributed by atoms with Crippen LogP contribution in [0.15, 0.2) is 84.9 Å². The number of carbonyl (C=O) groups is 1. The molecule has 0 saturated heterocycles. The van der Waals surface area contributed by atoms with Crippen molar-refractivity contribution in [2.45, 2.75) is 31.7 Å². The topological polar surface area (TPSA) is 117 Å². The summed E-state index contributed by atoms with van der Waals surface area (Å²) in [6.45, 7) is 1.97. The van der Waals surface area contributed by atoms with Crippen molar-refractivity contribution in [1.82, 2.24) is 4.98 Å². The van der Waals surface area contributed by atoms with Crippen LogP contribution in [-0.2, 0) is 15.1 Å². The monoisotopic (exact) mass is 520 g/mol. The van der Waals surface area contributed by atoms with Gasteiger partial charge in [-0.05, 0) is 60.7 Å². The van der Waals surface area contributed by atoms with E-state index in [1.54, 1.807) is 0 Å². The van der Waals surface area contributed by atoms with E-state index in [0.29, 0.717) is 16.5 Å². The number of ether oxygens (including phenoxy) is 1. The third-order valence-electron chi connectivity index (χ3n) is 6.37. The van der Waals surface area contributed by atoms with E-state index < -0.39 is 22.3 Å². The van der Waals surface area contributed by atoms with E-state index >= 15 is 0 Å². The number of hydrogen-bond donors (Lipinski definition) is 2. The van der Waals surface area contributed by atoms with Crippen LogP contribution >= 0.6 is 0 Å². The molecule has 0 aliphatic heterocycles. The second kappa shape index (κ2) is 11.0. The number of pyridine rings is 1. The highest BCUT2D eigenvalue weighted by molar-refractivity contribution is 7.87. The summed E-state index contributed by atoms with van der Waals surface area (Å²) in [5, 5.41) is 10.9. The van der Waals surface area contributed by atoms with Gasteiger partial charge in [0, 0.05) is 10.9 Å². The van der Waals surface area contributed by atoms with Crippen LogP contribution in [0.4, 0.5) is 5.69 Å². The molecular formula is C28H28N2O6S. The van der Waals surface area contributed by atoms with E-state index in [1.165, 1.54) is 31.4 Å². The molecule has 2 atom stereocenters. The first-order valence-electron chi connectivity index (χ1n) is 11.8. The Hall–Kier alpha value is -3.95. The van der Waals surface area contributed by atoms with Gasteiger partial charge in [-0.1, -0.05) is 55.5 Å². The molecule has 0 radical (unpaired) electrons. The molecule has 0 aliphatic carbocycles. The normalized spacial score (nSPS) is 13.2. The fourth-order valence-corrected chi connectivity index (χ4v) is 5.38. The molecule has 4 aromatic rings. The van der Waals surface area contributed by atoms with Gasteiger partial charge in [-0.15, -0.1) is 0 Å². The van der Waals surface area contributed by atoms with Gasteiger partial charge in [-0.3, -0.25) is 4.55 Å². The van der Waals surface area contributed by atoms with Crippen molar-refractivity contribution >= 4 is 32.9 Å². The SMILES string of the molecule is COc1ccc(N([C@H](CCC(C)c2cc(-c3ccccc3)nc3ccccc23)C(=O)O)S(=O)(=O)O)cc1. The molecule has 0 aliphatic rings. The Morgan fingerprint density at radius 3 is 2.24 bits per heavy atom. The number of hydrogen-bond acceptors (Lipinski definition) is 5. The summed E-state index contributed by atoms with van der Waals surface area (Å²) in [7, 11) is -3.41. The average molecular weight is 521 g/mol. The zero-order valence-electron chi connectivity index (χ0n) is 20.5. The lowest BCUT2D eigenvalue weighted by Gasteiger charge is -2.28. The smallest absolute Gasteiger partial charge is 0.360 e. The minimum Gasteiger partial charge on any atom is -0.497 e. The Bertz CT molecular complexity index is 1490. The number of fused-ring (bicyclic) bond motifs is 1. The number of benzene rings is 3. The fraction of sp³-hybridized carbons (Fsp3) is 0.214. The molecule has 1 heterocycles. The van der Waals surface area contributed by atoms with Crippen LogP contribution in [0.2, 0.25) is 0 Å². The van der Waals surface area contributed by atoms with Crippen molar-refractivity contribution in [3.8, 4) is 17.0 Å². The van der Waals surface area contributed by atoms with Gasteiger partial charge in [0.25, 0.3) is 0 Å². The highest BCUT2D eigenvalue weighted by atomic mass is 32.2. The predicted octanol–water partition coefficient (Wildman–Crippen LogP) is 5.56. The van der Waals surface area contributed by atoms with Crippen LogP contribution in [0.5, 0.6) is 5.75 Å². The van der Waals surface area contributed by atoms with Crippen LogP contribution in [-0.4, -0.2) is 42.2 Å². The van der Waals surface area contributed by atoms with Gasteiger partial charge >= 0.3 is 16.3 Å².